The van der Waals surface area contributed by atoms with Gasteiger partial charge in [-0.3, -0.25) is 5.41 Å². The molecule has 0 bridgehead atoms. The van der Waals surface area contributed by atoms with Crippen LogP contribution in [0.5, 0.6) is 0 Å². The molecule has 1 N–H and O–H groups in total. The van der Waals surface area contributed by atoms with E-state index in [1.807, 2.05) is 54.6 Å². The van der Waals surface area contributed by atoms with Crippen molar-refractivity contribution in [3.63, 3.8) is 0 Å². The summed E-state index contributed by atoms with van der Waals surface area (Å²) in [6, 6.07) is 19.8. The summed E-state index contributed by atoms with van der Waals surface area (Å²) in [5.41, 5.74) is 1.53. The third-order valence-corrected chi connectivity index (χ3v) is 3.52. The van der Waals surface area contributed by atoms with Gasteiger partial charge in [-0.15, -0.1) is 0 Å². The highest BCUT2D eigenvalue weighted by atomic mass is 16.3. The molecule has 19 heavy (non-hydrogen) atoms. The zero-order valence-corrected chi connectivity index (χ0v) is 10.2. The number of fused-ring (bicyclic) bond motifs is 4. The van der Waals surface area contributed by atoms with Crippen LogP contribution in [-0.4, -0.2) is 0 Å². The Labute approximate surface area is 109 Å². The predicted molar refractivity (Wildman–Crippen MR) is 77.1 cm³/mol. The largest absolute Gasteiger partial charge is 0.456 e. The molecule has 0 aliphatic carbocycles. The first kappa shape index (κ1) is 10.3. The minimum Gasteiger partial charge on any atom is -0.456 e. The Morgan fingerprint density at radius 2 is 1.42 bits per heavy atom. The van der Waals surface area contributed by atoms with Crippen LogP contribution >= 0.6 is 0 Å². The third-order valence-electron chi connectivity index (χ3n) is 3.52. The van der Waals surface area contributed by atoms with E-state index in [0.717, 1.165) is 32.7 Å². The van der Waals surface area contributed by atoms with Crippen LogP contribution in [0.25, 0.3) is 32.7 Å². The molecule has 0 radical (unpaired) electrons. The van der Waals surface area contributed by atoms with Gasteiger partial charge in [0, 0.05) is 5.39 Å². The number of benzene rings is 3. The second-order valence-electron chi connectivity index (χ2n) is 4.63. The Bertz CT molecular complexity index is 982. The maximum atomic E-state index is 8.45. The highest BCUT2D eigenvalue weighted by Gasteiger charge is 2.07. The minimum atomic E-state index is 0.536. The van der Waals surface area contributed by atoms with Crippen molar-refractivity contribution in [1.82, 2.24) is 0 Å². The summed E-state index contributed by atoms with van der Waals surface area (Å²) in [7, 11) is 0. The average Bonchev–Trinajstić information content (AvgIpc) is 2.47. The topological polar surface area (TPSA) is 37.0 Å². The molecule has 1 heterocycles. The first-order valence-corrected chi connectivity index (χ1v) is 6.22. The Morgan fingerprint density at radius 3 is 2.32 bits per heavy atom. The fourth-order valence-electron chi connectivity index (χ4n) is 2.61. The predicted octanol–water partition coefficient (Wildman–Crippen LogP) is 4.22. The van der Waals surface area contributed by atoms with E-state index in [4.69, 9.17) is 9.83 Å². The van der Waals surface area contributed by atoms with Crippen molar-refractivity contribution in [2.24, 2.45) is 0 Å². The van der Waals surface area contributed by atoms with Crippen LogP contribution in [0.4, 0.5) is 0 Å². The molecule has 2 heteroatoms. The summed E-state index contributed by atoms with van der Waals surface area (Å²) < 4.78 is 5.92. The van der Waals surface area contributed by atoms with E-state index in [0.29, 0.717) is 5.36 Å². The van der Waals surface area contributed by atoms with Gasteiger partial charge in [0.05, 0.1) is 10.7 Å². The van der Waals surface area contributed by atoms with Gasteiger partial charge in [-0.2, -0.15) is 0 Å². The maximum Gasteiger partial charge on any atom is 0.137 e. The molecule has 0 aliphatic rings. The molecule has 0 atom stereocenters. The van der Waals surface area contributed by atoms with Gasteiger partial charge in [0.2, 0.25) is 0 Å². The average molecular weight is 245 g/mol. The van der Waals surface area contributed by atoms with E-state index in [9.17, 15) is 0 Å². The molecule has 0 amide bonds. The fraction of sp³-hybridized carbons (Fsp3) is 0. The molecule has 4 rings (SSSR count). The monoisotopic (exact) mass is 245 g/mol. The van der Waals surface area contributed by atoms with E-state index in [2.05, 4.69) is 6.07 Å². The van der Waals surface area contributed by atoms with E-state index >= 15 is 0 Å². The Balaban J connectivity index is 2.37. The number of hydrogen-bond donors (Lipinski definition) is 1. The third kappa shape index (κ3) is 1.40. The van der Waals surface area contributed by atoms with E-state index in [1.54, 1.807) is 0 Å². The van der Waals surface area contributed by atoms with E-state index in [-0.39, 0.29) is 0 Å². The van der Waals surface area contributed by atoms with Gasteiger partial charge in [-0.25, -0.2) is 0 Å². The number of hydrogen-bond acceptors (Lipinski definition) is 2. The summed E-state index contributed by atoms with van der Waals surface area (Å²) in [6.07, 6.45) is 0. The minimum absolute atomic E-state index is 0.536. The normalized spacial score (nSPS) is 11.4. The van der Waals surface area contributed by atoms with Crippen LogP contribution in [-0.2, 0) is 0 Å². The molecule has 0 fully saturated rings. The lowest BCUT2D eigenvalue weighted by atomic mass is 10.0. The van der Waals surface area contributed by atoms with Crippen LogP contribution in [0.2, 0.25) is 0 Å². The molecule has 0 spiro atoms. The highest BCUT2D eigenvalue weighted by molar-refractivity contribution is 6.07. The molecule has 0 aliphatic heterocycles. The van der Waals surface area contributed by atoms with Crippen molar-refractivity contribution in [2.75, 3.05) is 0 Å². The van der Waals surface area contributed by atoms with Gasteiger partial charge in [0.25, 0.3) is 0 Å². The number of para-hydroxylation sites is 1. The van der Waals surface area contributed by atoms with Crippen molar-refractivity contribution in [3.05, 3.63) is 66.0 Å². The molecule has 1 aromatic heterocycles. The first-order valence-electron chi connectivity index (χ1n) is 6.22. The standard InChI is InChI=1S/C17H11NO/c18-17-13-7-3-4-8-14(13)19-15-10-9-11-5-1-2-6-12(11)16(15)17/h1-10,18H. The summed E-state index contributed by atoms with van der Waals surface area (Å²) in [5, 5.41) is 12.9. The lowest BCUT2D eigenvalue weighted by molar-refractivity contribution is 0.660. The highest BCUT2D eigenvalue weighted by Crippen LogP contribution is 2.25. The summed E-state index contributed by atoms with van der Waals surface area (Å²) in [6.45, 7) is 0. The van der Waals surface area contributed by atoms with Crippen LogP contribution in [0, 0.1) is 5.41 Å². The molecular weight excluding hydrogens is 234 g/mol. The van der Waals surface area contributed by atoms with Crippen LogP contribution < -0.4 is 5.36 Å². The fourth-order valence-corrected chi connectivity index (χ4v) is 2.61. The molecule has 0 unspecified atom stereocenters. The summed E-state index contributed by atoms with van der Waals surface area (Å²) in [5.74, 6) is 0. The SMILES string of the molecule is N=c1c2ccccc2oc2ccc3ccccc3c12. The van der Waals surface area contributed by atoms with Crippen LogP contribution in [0.1, 0.15) is 0 Å². The van der Waals surface area contributed by atoms with Crippen LogP contribution in [0.3, 0.4) is 0 Å². The Hall–Kier alpha value is -2.61. The van der Waals surface area contributed by atoms with E-state index in [1.165, 1.54) is 0 Å². The molecule has 90 valence electrons. The molecule has 0 saturated heterocycles. The zero-order valence-electron chi connectivity index (χ0n) is 10.2. The van der Waals surface area contributed by atoms with Crippen molar-refractivity contribution in [3.8, 4) is 0 Å². The van der Waals surface area contributed by atoms with Gasteiger partial charge in [0.15, 0.2) is 0 Å². The van der Waals surface area contributed by atoms with Gasteiger partial charge < -0.3 is 4.42 Å². The molecular formula is C17H11NO. The molecule has 0 saturated carbocycles. The van der Waals surface area contributed by atoms with Crippen molar-refractivity contribution >= 4 is 32.7 Å². The summed E-state index contributed by atoms with van der Waals surface area (Å²) in [4.78, 5) is 0. The summed E-state index contributed by atoms with van der Waals surface area (Å²) >= 11 is 0. The van der Waals surface area contributed by atoms with Crippen molar-refractivity contribution in [1.29, 1.82) is 5.41 Å². The lowest BCUT2D eigenvalue weighted by Crippen LogP contribution is -2.02. The zero-order chi connectivity index (χ0) is 12.8. The maximum absolute atomic E-state index is 8.45. The van der Waals surface area contributed by atoms with Gasteiger partial charge >= 0.3 is 0 Å². The molecule has 2 nitrogen and oxygen atoms in total. The first-order chi connectivity index (χ1) is 9.34. The lowest BCUT2D eigenvalue weighted by Gasteiger charge is -2.05. The Kier molecular flexibility index (Phi) is 2.00. The molecule has 3 aromatic carbocycles. The van der Waals surface area contributed by atoms with Gasteiger partial charge in [0.1, 0.15) is 11.2 Å². The second kappa shape index (κ2) is 3.69. The number of nitrogens with one attached hydrogen (secondary N) is 1. The van der Waals surface area contributed by atoms with Gasteiger partial charge in [-0.05, 0) is 29.0 Å². The molecule has 4 aromatic rings. The van der Waals surface area contributed by atoms with Crippen LogP contribution in [0.15, 0.2) is 65.1 Å². The van der Waals surface area contributed by atoms with Gasteiger partial charge in [-0.1, -0.05) is 42.5 Å². The number of rotatable bonds is 0. The van der Waals surface area contributed by atoms with E-state index < -0.39 is 0 Å². The van der Waals surface area contributed by atoms with Crippen molar-refractivity contribution in [2.45, 2.75) is 0 Å². The quantitative estimate of drug-likeness (QED) is 0.365. The second-order valence-corrected chi connectivity index (χ2v) is 4.63. The smallest absolute Gasteiger partial charge is 0.137 e. The van der Waals surface area contributed by atoms with Crippen molar-refractivity contribution < 1.29 is 4.42 Å². The Morgan fingerprint density at radius 1 is 0.684 bits per heavy atom.